The number of nitrogens with zero attached hydrogens (tertiary/aromatic N) is 1. The molecule has 0 atom stereocenters. The Kier molecular flexibility index (Phi) is 14.1. The van der Waals surface area contributed by atoms with Crippen LogP contribution < -0.4 is 5.11 Å². The Bertz CT molecular complexity index is 323. The van der Waals surface area contributed by atoms with E-state index in [2.05, 4.69) is 30.7 Å². The van der Waals surface area contributed by atoms with Gasteiger partial charge in [-0.3, -0.25) is 0 Å². The van der Waals surface area contributed by atoms with Gasteiger partial charge >= 0.3 is 92.4 Å². The zero-order chi connectivity index (χ0) is 15.9. The smallest absolute Gasteiger partial charge is 0.103 e. The average molecular weight is 401 g/mol. The van der Waals surface area contributed by atoms with Crippen LogP contribution in [0.2, 0.25) is 13.3 Å². The molecule has 0 radical (unpaired) electrons. The van der Waals surface area contributed by atoms with Gasteiger partial charge in [-0.15, -0.1) is 0 Å². The number of hydrogen-bond donors (Lipinski definition) is 1. The molecule has 120 valence electrons. The summed E-state index contributed by atoms with van der Waals surface area (Å²) in [6.45, 7) is 7.00. The largest absolute Gasteiger partial charge is 0.543 e. The molecule has 0 aromatic carbocycles. The van der Waals surface area contributed by atoms with Gasteiger partial charge in [0.2, 0.25) is 0 Å². The van der Waals surface area contributed by atoms with Crippen molar-refractivity contribution in [3.8, 4) is 0 Å². The summed E-state index contributed by atoms with van der Waals surface area (Å²) in [5.41, 5.74) is -0.0648. The molecule has 1 aromatic rings. The van der Waals surface area contributed by atoms with E-state index >= 15 is 0 Å². The predicted octanol–water partition coefficient (Wildman–Crippen LogP) is 3.65. The number of imidazole rings is 1. The van der Waals surface area contributed by atoms with Gasteiger partial charge in [0.15, 0.2) is 0 Å². The van der Waals surface area contributed by atoms with Crippen LogP contribution in [0.4, 0.5) is 0 Å². The minimum Gasteiger partial charge on any atom is -0.543 e. The molecule has 21 heavy (non-hydrogen) atoms. The molecule has 1 aromatic heterocycles. The maximum absolute atomic E-state index is 9.87. The third kappa shape index (κ3) is 11.8. The van der Waals surface area contributed by atoms with E-state index in [4.69, 9.17) is 0 Å². The third-order valence-corrected chi connectivity index (χ3v) is 12.4. The van der Waals surface area contributed by atoms with Crippen LogP contribution in [0.25, 0.3) is 0 Å². The summed E-state index contributed by atoms with van der Waals surface area (Å²) in [6, 6.07) is 0. The topological polar surface area (TPSA) is 68.8 Å². The zero-order valence-electron chi connectivity index (χ0n) is 13.8. The molecule has 0 aliphatic carbocycles. The summed E-state index contributed by atoms with van der Waals surface area (Å²) in [6.07, 6.45) is 11.4. The second-order valence-corrected chi connectivity index (χ2v) is 13.9. The number of nitrogens with one attached hydrogen (secondary N) is 1. The number of H-pyrrole nitrogens is 1. The van der Waals surface area contributed by atoms with Gasteiger partial charge in [-0.25, -0.2) is 4.98 Å². The Balaban J connectivity index is 0.000000423. The van der Waals surface area contributed by atoms with Gasteiger partial charge in [0.05, 0.1) is 12.3 Å². The third-order valence-electron chi connectivity index (χ3n) is 3.36. The minimum atomic E-state index is -1.26. The summed E-state index contributed by atoms with van der Waals surface area (Å²) in [5, 5.41) is 9.87. The SMILES string of the molecule is CCC[CH2][Sn+]([CH2]CCC)[CH2]CCC.O=C([O-])c1c[nH]cn1. The number of hydrogen-bond acceptors (Lipinski definition) is 3. The van der Waals surface area contributed by atoms with Crippen molar-refractivity contribution in [3.05, 3.63) is 18.2 Å². The van der Waals surface area contributed by atoms with Crippen molar-refractivity contribution < 1.29 is 9.90 Å². The van der Waals surface area contributed by atoms with Crippen molar-refractivity contribution >= 4 is 25.7 Å². The number of aromatic amines is 1. The van der Waals surface area contributed by atoms with Crippen LogP contribution in [0.1, 0.15) is 69.8 Å². The van der Waals surface area contributed by atoms with Crippen LogP contribution in [-0.4, -0.2) is 35.7 Å². The van der Waals surface area contributed by atoms with Crippen LogP contribution in [-0.2, 0) is 0 Å². The molecule has 0 fully saturated rings. The number of carbonyl (C=O) groups is 1. The Morgan fingerprint density at radius 2 is 1.57 bits per heavy atom. The first-order chi connectivity index (χ1) is 10.2. The predicted molar refractivity (Wildman–Crippen MR) is 87.8 cm³/mol. The van der Waals surface area contributed by atoms with Crippen LogP contribution >= 0.6 is 0 Å². The first-order valence-electron chi connectivity index (χ1n) is 8.19. The van der Waals surface area contributed by atoms with Crippen molar-refractivity contribution in [3.63, 3.8) is 0 Å². The summed E-state index contributed by atoms with van der Waals surface area (Å²) in [5.74, 6) is -1.26. The van der Waals surface area contributed by atoms with Crippen LogP contribution in [0.3, 0.4) is 0 Å². The van der Waals surface area contributed by atoms with Crippen LogP contribution in [0, 0.1) is 0 Å². The average Bonchev–Trinajstić information content (AvgIpc) is 3.02. The van der Waals surface area contributed by atoms with Gasteiger partial charge in [0.25, 0.3) is 0 Å². The first-order valence-corrected chi connectivity index (χ1v) is 14.2. The maximum Gasteiger partial charge on any atom is 0.103 e. The molecule has 0 unspecified atom stereocenters. The normalized spacial score (nSPS) is 9.86. The number of unbranched alkanes of at least 4 members (excludes halogenated alkanes) is 3. The molecule has 1 N–H and O–H groups in total. The number of aromatic nitrogens is 2. The Hall–Kier alpha value is -0.521. The Labute approximate surface area is 136 Å². The first kappa shape index (κ1) is 20.5. The van der Waals surface area contributed by atoms with E-state index in [1.807, 2.05) is 0 Å². The molecule has 0 saturated heterocycles. The molecule has 1 heterocycles. The number of aromatic carboxylic acids is 1. The van der Waals surface area contributed by atoms with Crippen molar-refractivity contribution in [2.24, 2.45) is 0 Å². The number of carboxylic acid groups (broad SMARTS) is 1. The molecule has 0 aliphatic rings. The minimum absolute atomic E-state index is 0.0648. The summed E-state index contributed by atoms with van der Waals surface area (Å²) in [4.78, 5) is 15.7. The summed E-state index contributed by atoms with van der Waals surface area (Å²) >= 11 is -0.839. The Morgan fingerprint density at radius 3 is 1.81 bits per heavy atom. The van der Waals surface area contributed by atoms with Gasteiger partial charge in [-0.1, -0.05) is 0 Å². The van der Waals surface area contributed by atoms with E-state index < -0.39 is 25.7 Å². The van der Waals surface area contributed by atoms with E-state index in [1.165, 1.54) is 51.0 Å². The van der Waals surface area contributed by atoms with E-state index in [0.29, 0.717) is 0 Å². The van der Waals surface area contributed by atoms with E-state index in [9.17, 15) is 9.90 Å². The molecule has 0 aliphatic heterocycles. The van der Waals surface area contributed by atoms with Gasteiger partial charge in [-0.05, 0) is 0 Å². The molecule has 0 bridgehead atoms. The van der Waals surface area contributed by atoms with Gasteiger partial charge in [0, 0.05) is 6.20 Å². The summed E-state index contributed by atoms with van der Waals surface area (Å²) in [7, 11) is 0. The maximum atomic E-state index is 9.87. The van der Waals surface area contributed by atoms with Crippen molar-refractivity contribution in [1.29, 1.82) is 0 Å². The fraction of sp³-hybridized carbons (Fsp3) is 0.750. The molecule has 5 heteroatoms. The zero-order valence-corrected chi connectivity index (χ0v) is 16.6. The number of carbonyl (C=O) groups excluding carboxylic acids is 1. The molecular formula is C16H30N2O2Sn. The molecule has 1 rings (SSSR count). The van der Waals surface area contributed by atoms with Gasteiger partial charge in [-0.2, -0.15) is 0 Å². The van der Waals surface area contributed by atoms with Crippen molar-refractivity contribution in [2.45, 2.75) is 72.6 Å². The van der Waals surface area contributed by atoms with Crippen molar-refractivity contribution in [2.75, 3.05) is 0 Å². The van der Waals surface area contributed by atoms with E-state index in [1.54, 1.807) is 13.3 Å². The van der Waals surface area contributed by atoms with Crippen LogP contribution in [0.5, 0.6) is 0 Å². The Morgan fingerprint density at radius 1 is 1.10 bits per heavy atom. The van der Waals surface area contributed by atoms with E-state index in [-0.39, 0.29) is 5.69 Å². The molecular weight excluding hydrogens is 371 g/mol. The van der Waals surface area contributed by atoms with E-state index in [0.717, 1.165) is 0 Å². The summed E-state index contributed by atoms with van der Waals surface area (Å²) < 4.78 is 5.04. The number of rotatable bonds is 10. The second-order valence-electron chi connectivity index (χ2n) is 5.30. The number of carboxylic acids is 1. The monoisotopic (exact) mass is 402 g/mol. The standard InChI is InChI=1S/C4H4N2O2.3C4H9.Sn/c7-4(8)3-1-5-2-6-3;3*1-3-4-2;/h1-2H,(H,5,6)(H,7,8);3*1,3-4H2,2H3;/q;;;;+1/p-1. The fourth-order valence-electron chi connectivity index (χ4n) is 2.03. The van der Waals surface area contributed by atoms with Crippen molar-refractivity contribution in [1.82, 2.24) is 9.97 Å². The molecule has 0 saturated carbocycles. The molecule has 0 amide bonds. The van der Waals surface area contributed by atoms with Crippen LogP contribution in [0.15, 0.2) is 12.5 Å². The fourth-order valence-corrected chi connectivity index (χ4v) is 11.5. The molecule has 0 spiro atoms. The molecule has 4 nitrogen and oxygen atoms in total. The quantitative estimate of drug-likeness (QED) is 0.609. The van der Waals surface area contributed by atoms with Gasteiger partial charge < -0.3 is 14.9 Å². The van der Waals surface area contributed by atoms with Gasteiger partial charge in [0.1, 0.15) is 5.69 Å². The second kappa shape index (κ2) is 14.4.